The standard InChI is InChI=1S/C17H27N3/c1-3-10-18-17-14-6-5-7-15(14)19-16(20-17)13-9-8-12(4-2)11-13/h12-13H,3-11H2,1-2H3,(H,18,19,20). The van der Waals surface area contributed by atoms with Crippen LogP contribution in [-0.2, 0) is 12.8 Å². The van der Waals surface area contributed by atoms with E-state index in [0.717, 1.165) is 43.4 Å². The topological polar surface area (TPSA) is 37.8 Å². The van der Waals surface area contributed by atoms with E-state index < -0.39 is 0 Å². The first-order valence-corrected chi connectivity index (χ1v) is 8.45. The molecule has 2 aliphatic carbocycles. The Morgan fingerprint density at radius 1 is 1.15 bits per heavy atom. The van der Waals surface area contributed by atoms with Gasteiger partial charge in [-0.05, 0) is 50.9 Å². The molecule has 1 heterocycles. The van der Waals surface area contributed by atoms with Crippen LogP contribution < -0.4 is 5.32 Å². The maximum Gasteiger partial charge on any atom is 0.134 e. The molecule has 0 radical (unpaired) electrons. The molecule has 3 rings (SSSR count). The third-order valence-corrected chi connectivity index (χ3v) is 4.98. The van der Waals surface area contributed by atoms with Gasteiger partial charge in [0.25, 0.3) is 0 Å². The Balaban J connectivity index is 1.84. The molecule has 0 aromatic carbocycles. The number of hydrogen-bond donors (Lipinski definition) is 1. The molecule has 1 aromatic rings. The lowest BCUT2D eigenvalue weighted by molar-refractivity contribution is 0.516. The van der Waals surface area contributed by atoms with Crippen LogP contribution >= 0.6 is 0 Å². The van der Waals surface area contributed by atoms with Gasteiger partial charge in [-0.1, -0.05) is 20.3 Å². The largest absolute Gasteiger partial charge is 0.370 e. The molecular weight excluding hydrogens is 246 g/mol. The van der Waals surface area contributed by atoms with Crippen molar-refractivity contribution in [3.63, 3.8) is 0 Å². The zero-order valence-electron chi connectivity index (χ0n) is 12.9. The van der Waals surface area contributed by atoms with Gasteiger partial charge in [0.1, 0.15) is 11.6 Å². The molecule has 3 heteroatoms. The van der Waals surface area contributed by atoms with Crippen molar-refractivity contribution in [1.29, 1.82) is 0 Å². The Labute approximate surface area is 122 Å². The highest BCUT2D eigenvalue weighted by molar-refractivity contribution is 5.49. The van der Waals surface area contributed by atoms with Crippen LogP contribution in [0.1, 0.15) is 75.4 Å². The van der Waals surface area contributed by atoms with E-state index in [1.165, 1.54) is 43.4 Å². The Morgan fingerprint density at radius 3 is 2.80 bits per heavy atom. The Hall–Kier alpha value is -1.12. The molecule has 2 unspecified atom stereocenters. The first kappa shape index (κ1) is 13.8. The maximum absolute atomic E-state index is 4.92. The quantitative estimate of drug-likeness (QED) is 0.878. The van der Waals surface area contributed by atoms with Gasteiger partial charge in [-0.3, -0.25) is 0 Å². The fraction of sp³-hybridized carbons (Fsp3) is 0.765. The summed E-state index contributed by atoms with van der Waals surface area (Å²) in [5, 5.41) is 3.53. The minimum absolute atomic E-state index is 0.605. The average molecular weight is 273 g/mol. The van der Waals surface area contributed by atoms with Crippen molar-refractivity contribution >= 4 is 5.82 Å². The van der Waals surface area contributed by atoms with Gasteiger partial charge in [-0.15, -0.1) is 0 Å². The molecule has 1 N–H and O–H groups in total. The highest BCUT2D eigenvalue weighted by Crippen LogP contribution is 2.39. The van der Waals surface area contributed by atoms with E-state index in [1.807, 2.05) is 0 Å². The smallest absolute Gasteiger partial charge is 0.134 e. The second kappa shape index (κ2) is 6.11. The van der Waals surface area contributed by atoms with E-state index in [4.69, 9.17) is 9.97 Å². The lowest BCUT2D eigenvalue weighted by Gasteiger charge is -2.15. The van der Waals surface area contributed by atoms with Crippen molar-refractivity contribution < 1.29 is 0 Å². The van der Waals surface area contributed by atoms with Gasteiger partial charge >= 0.3 is 0 Å². The van der Waals surface area contributed by atoms with Gasteiger partial charge in [0.15, 0.2) is 0 Å². The van der Waals surface area contributed by atoms with E-state index in [1.54, 1.807) is 0 Å². The third-order valence-electron chi connectivity index (χ3n) is 4.98. The minimum atomic E-state index is 0.605. The Morgan fingerprint density at radius 2 is 2.05 bits per heavy atom. The van der Waals surface area contributed by atoms with E-state index in [-0.39, 0.29) is 0 Å². The summed E-state index contributed by atoms with van der Waals surface area (Å²) in [6.45, 7) is 5.54. The van der Waals surface area contributed by atoms with E-state index in [2.05, 4.69) is 19.2 Å². The molecule has 0 amide bonds. The molecular formula is C17H27N3. The highest BCUT2D eigenvalue weighted by Gasteiger charge is 2.29. The summed E-state index contributed by atoms with van der Waals surface area (Å²) in [5.41, 5.74) is 2.72. The molecule has 0 saturated heterocycles. The number of aryl methyl sites for hydroxylation is 1. The second-order valence-electron chi connectivity index (χ2n) is 6.42. The number of fused-ring (bicyclic) bond motifs is 1. The number of rotatable bonds is 5. The third kappa shape index (κ3) is 2.68. The zero-order chi connectivity index (χ0) is 13.9. The number of aromatic nitrogens is 2. The van der Waals surface area contributed by atoms with Crippen LogP contribution in [0.4, 0.5) is 5.82 Å². The summed E-state index contributed by atoms with van der Waals surface area (Å²) in [6, 6.07) is 0. The summed E-state index contributed by atoms with van der Waals surface area (Å²) in [6.07, 6.45) is 9.94. The summed E-state index contributed by atoms with van der Waals surface area (Å²) in [5.74, 6) is 3.77. The van der Waals surface area contributed by atoms with Gasteiger partial charge in [0, 0.05) is 23.7 Å². The molecule has 20 heavy (non-hydrogen) atoms. The lowest BCUT2D eigenvalue weighted by Crippen LogP contribution is -2.11. The number of hydrogen-bond acceptors (Lipinski definition) is 3. The molecule has 3 nitrogen and oxygen atoms in total. The molecule has 0 spiro atoms. The van der Waals surface area contributed by atoms with Crippen LogP contribution in [0.25, 0.3) is 0 Å². The lowest BCUT2D eigenvalue weighted by atomic mass is 10.0. The monoisotopic (exact) mass is 273 g/mol. The molecule has 1 saturated carbocycles. The summed E-state index contributed by atoms with van der Waals surface area (Å²) in [7, 11) is 0. The minimum Gasteiger partial charge on any atom is -0.370 e. The van der Waals surface area contributed by atoms with Crippen molar-refractivity contribution in [3.8, 4) is 0 Å². The van der Waals surface area contributed by atoms with Crippen LogP contribution in [0.2, 0.25) is 0 Å². The molecule has 0 aliphatic heterocycles. The zero-order valence-corrected chi connectivity index (χ0v) is 12.9. The molecule has 0 bridgehead atoms. The van der Waals surface area contributed by atoms with Crippen molar-refractivity contribution in [2.24, 2.45) is 5.92 Å². The van der Waals surface area contributed by atoms with Gasteiger partial charge < -0.3 is 5.32 Å². The van der Waals surface area contributed by atoms with Crippen LogP contribution in [-0.4, -0.2) is 16.5 Å². The summed E-state index contributed by atoms with van der Waals surface area (Å²) < 4.78 is 0. The van der Waals surface area contributed by atoms with E-state index >= 15 is 0 Å². The SMILES string of the molecule is CCCNc1nc(C2CCC(CC)C2)nc2c1CCC2. The van der Waals surface area contributed by atoms with Gasteiger partial charge in [0.05, 0.1) is 0 Å². The van der Waals surface area contributed by atoms with Crippen LogP contribution in [0, 0.1) is 5.92 Å². The summed E-state index contributed by atoms with van der Waals surface area (Å²) >= 11 is 0. The number of nitrogens with zero attached hydrogens (tertiary/aromatic N) is 2. The fourth-order valence-electron chi connectivity index (χ4n) is 3.70. The number of nitrogens with one attached hydrogen (secondary N) is 1. The van der Waals surface area contributed by atoms with Gasteiger partial charge in [0.2, 0.25) is 0 Å². The Bertz CT molecular complexity index is 470. The van der Waals surface area contributed by atoms with Gasteiger partial charge in [-0.25, -0.2) is 9.97 Å². The Kier molecular flexibility index (Phi) is 4.23. The van der Waals surface area contributed by atoms with E-state index in [0.29, 0.717) is 5.92 Å². The molecule has 110 valence electrons. The normalized spacial score (nSPS) is 24.9. The average Bonchev–Trinajstić information content (AvgIpc) is 3.12. The second-order valence-corrected chi connectivity index (χ2v) is 6.42. The first-order valence-electron chi connectivity index (χ1n) is 8.45. The molecule has 2 aliphatic rings. The van der Waals surface area contributed by atoms with Crippen LogP contribution in [0.5, 0.6) is 0 Å². The van der Waals surface area contributed by atoms with Crippen molar-refractivity contribution in [3.05, 3.63) is 17.1 Å². The number of anilines is 1. The summed E-state index contributed by atoms with van der Waals surface area (Å²) in [4.78, 5) is 9.83. The van der Waals surface area contributed by atoms with E-state index in [9.17, 15) is 0 Å². The predicted octanol–water partition coefficient (Wildman–Crippen LogP) is 4.08. The van der Waals surface area contributed by atoms with Crippen molar-refractivity contribution in [2.75, 3.05) is 11.9 Å². The van der Waals surface area contributed by atoms with Crippen LogP contribution in [0.15, 0.2) is 0 Å². The van der Waals surface area contributed by atoms with Crippen molar-refractivity contribution in [2.45, 2.75) is 71.1 Å². The molecule has 1 aromatic heterocycles. The fourth-order valence-corrected chi connectivity index (χ4v) is 3.70. The molecule has 2 atom stereocenters. The molecule has 1 fully saturated rings. The van der Waals surface area contributed by atoms with Crippen LogP contribution in [0.3, 0.4) is 0 Å². The van der Waals surface area contributed by atoms with Gasteiger partial charge in [-0.2, -0.15) is 0 Å². The van der Waals surface area contributed by atoms with Crippen molar-refractivity contribution in [1.82, 2.24) is 9.97 Å². The highest BCUT2D eigenvalue weighted by atomic mass is 15.0. The maximum atomic E-state index is 4.92. The first-order chi connectivity index (χ1) is 9.81. The predicted molar refractivity (Wildman–Crippen MR) is 83.2 cm³/mol.